The van der Waals surface area contributed by atoms with Crippen LogP contribution < -0.4 is 4.74 Å². The van der Waals surface area contributed by atoms with Crippen LogP contribution in [0.1, 0.15) is 6.42 Å². The molecule has 0 aliphatic carbocycles. The third-order valence-electron chi connectivity index (χ3n) is 3.19. The van der Waals surface area contributed by atoms with Crippen molar-refractivity contribution in [3.8, 4) is 5.75 Å². The van der Waals surface area contributed by atoms with Gasteiger partial charge in [0.25, 0.3) is 0 Å². The van der Waals surface area contributed by atoms with Crippen LogP contribution in [-0.4, -0.2) is 58.8 Å². The van der Waals surface area contributed by atoms with Gasteiger partial charge < -0.3 is 23.7 Å². The molecule has 1 rings (SSSR count). The van der Waals surface area contributed by atoms with Crippen LogP contribution in [0.3, 0.4) is 0 Å². The van der Waals surface area contributed by atoms with Gasteiger partial charge >= 0.3 is 5.97 Å². The number of hydrogen-bond donors (Lipinski definition) is 0. The molecule has 0 aliphatic heterocycles. The predicted molar refractivity (Wildman–Crippen MR) is 90.0 cm³/mol. The molecule has 0 N–H and O–H groups in total. The Morgan fingerprint density at radius 2 is 1.10 bits per heavy atom. The molecular weight excluding hydrogens is 407 g/mol. The van der Waals surface area contributed by atoms with Crippen molar-refractivity contribution in [2.75, 3.05) is 52.9 Å². The van der Waals surface area contributed by atoms with Crippen molar-refractivity contribution in [2.45, 2.75) is 6.42 Å². The molecule has 0 unspecified atom stereocenters. The van der Waals surface area contributed by atoms with Crippen LogP contribution in [0.2, 0.25) is 0 Å². The monoisotopic (exact) mass is 428 g/mol. The molecule has 0 aliphatic rings. The lowest BCUT2D eigenvalue weighted by molar-refractivity contribution is -0.136. The van der Waals surface area contributed by atoms with Crippen LogP contribution in [0.15, 0.2) is 12.7 Å². The van der Waals surface area contributed by atoms with Crippen LogP contribution in [0.5, 0.6) is 5.75 Å². The van der Waals surface area contributed by atoms with E-state index in [-0.39, 0.29) is 19.8 Å². The summed E-state index contributed by atoms with van der Waals surface area (Å²) in [6, 6.07) is 0. The molecule has 0 saturated heterocycles. The Hall–Kier alpha value is -2.08. The van der Waals surface area contributed by atoms with Crippen molar-refractivity contribution >= 4 is 5.97 Å². The topological polar surface area (TPSA) is 63.2 Å². The van der Waals surface area contributed by atoms with Crippen molar-refractivity contribution in [2.24, 2.45) is 0 Å². The molecule has 6 nitrogen and oxygen atoms in total. The first-order valence-electron chi connectivity index (χ1n) is 8.54. The van der Waals surface area contributed by atoms with E-state index in [1.165, 1.54) is 0 Å². The summed E-state index contributed by atoms with van der Waals surface area (Å²) >= 11 is 0. The van der Waals surface area contributed by atoms with E-state index in [0.717, 1.165) is 0 Å². The van der Waals surface area contributed by atoms with Gasteiger partial charge in [0, 0.05) is 0 Å². The Balaban J connectivity index is 2.13. The van der Waals surface area contributed by atoms with E-state index in [2.05, 4.69) is 11.3 Å². The highest BCUT2D eigenvalue weighted by molar-refractivity contribution is 5.72. The van der Waals surface area contributed by atoms with E-state index in [9.17, 15) is 26.7 Å². The molecule has 0 fully saturated rings. The van der Waals surface area contributed by atoms with Gasteiger partial charge in [0.1, 0.15) is 0 Å². The van der Waals surface area contributed by atoms with Crippen LogP contribution in [0.25, 0.3) is 0 Å². The first kappa shape index (κ1) is 25.0. The summed E-state index contributed by atoms with van der Waals surface area (Å²) < 4.78 is 90.5. The lowest BCUT2D eigenvalue weighted by Gasteiger charge is -2.09. The van der Waals surface area contributed by atoms with E-state index >= 15 is 0 Å². The number of esters is 1. The summed E-state index contributed by atoms with van der Waals surface area (Å²) in [4.78, 5) is 11.5. The van der Waals surface area contributed by atoms with Crippen molar-refractivity contribution in [1.29, 1.82) is 0 Å². The van der Waals surface area contributed by atoms with Gasteiger partial charge in [-0.25, -0.2) is 13.2 Å². The highest BCUT2D eigenvalue weighted by Crippen LogP contribution is 2.29. The average molecular weight is 428 g/mol. The SMILES string of the molecule is C=CCOCCOCCOCCOCCC(=O)Oc1c(F)c(F)c(F)c(F)c1F. The number of benzene rings is 1. The first-order valence-corrected chi connectivity index (χ1v) is 8.54. The molecular formula is C18H21F5O6. The third-order valence-corrected chi connectivity index (χ3v) is 3.19. The number of hydrogen-bond acceptors (Lipinski definition) is 6. The fraction of sp³-hybridized carbons (Fsp3) is 0.500. The van der Waals surface area contributed by atoms with Crippen molar-refractivity contribution in [3.63, 3.8) is 0 Å². The molecule has 0 heterocycles. The van der Waals surface area contributed by atoms with Gasteiger partial charge in [0.15, 0.2) is 0 Å². The minimum absolute atomic E-state index is 0.109. The van der Waals surface area contributed by atoms with E-state index in [0.29, 0.717) is 33.0 Å². The molecule has 0 bridgehead atoms. The van der Waals surface area contributed by atoms with Gasteiger partial charge in [-0.3, -0.25) is 4.79 Å². The smallest absolute Gasteiger partial charge is 0.313 e. The van der Waals surface area contributed by atoms with Crippen LogP contribution in [0.4, 0.5) is 22.0 Å². The lowest BCUT2D eigenvalue weighted by Crippen LogP contribution is -2.16. The number of carbonyl (C=O) groups is 1. The standard InChI is InChI=1S/C18H21F5O6/c1-2-4-25-6-8-27-10-11-28-9-7-26-5-3-12(24)29-18-16(22)14(20)13(19)15(21)17(18)23/h2H,1,3-11H2. The minimum Gasteiger partial charge on any atom is -0.420 e. The maximum Gasteiger partial charge on any atom is 0.313 e. The molecule has 0 atom stereocenters. The van der Waals surface area contributed by atoms with Crippen molar-refractivity contribution < 1.29 is 50.4 Å². The second-order valence-electron chi connectivity index (χ2n) is 5.32. The Morgan fingerprint density at radius 3 is 1.59 bits per heavy atom. The van der Waals surface area contributed by atoms with Crippen LogP contribution in [-0.2, 0) is 23.7 Å². The average Bonchev–Trinajstić information content (AvgIpc) is 2.71. The lowest BCUT2D eigenvalue weighted by atomic mass is 10.2. The zero-order valence-electron chi connectivity index (χ0n) is 15.5. The Kier molecular flexibility index (Phi) is 12.0. The van der Waals surface area contributed by atoms with Crippen molar-refractivity contribution in [3.05, 3.63) is 41.7 Å². The summed E-state index contributed by atoms with van der Waals surface area (Å²) in [6.07, 6.45) is 1.16. The van der Waals surface area contributed by atoms with E-state index in [4.69, 9.17) is 18.9 Å². The van der Waals surface area contributed by atoms with Crippen molar-refractivity contribution in [1.82, 2.24) is 0 Å². The maximum atomic E-state index is 13.4. The molecule has 0 amide bonds. The van der Waals surface area contributed by atoms with Gasteiger partial charge in [-0.2, -0.15) is 8.78 Å². The molecule has 1 aromatic carbocycles. The summed E-state index contributed by atoms with van der Waals surface area (Å²) in [5, 5.41) is 0. The van der Waals surface area contributed by atoms with E-state index in [1.54, 1.807) is 6.08 Å². The van der Waals surface area contributed by atoms with Gasteiger partial charge in [0.2, 0.25) is 34.8 Å². The molecule has 0 radical (unpaired) electrons. The number of rotatable bonds is 15. The summed E-state index contributed by atoms with van der Waals surface area (Å²) in [5.41, 5.74) is 0. The zero-order valence-corrected chi connectivity index (χ0v) is 15.5. The van der Waals surface area contributed by atoms with Crippen LogP contribution in [0, 0.1) is 29.1 Å². The molecule has 0 aromatic heterocycles. The Morgan fingerprint density at radius 1 is 0.690 bits per heavy atom. The molecule has 29 heavy (non-hydrogen) atoms. The van der Waals surface area contributed by atoms with E-state index < -0.39 is 47.2 Å². The first-order chi connectivity index (χ1) is 13.9. The third kappa shape index (κ3) is 8.86. The fourth-order valence-electron chi connectivity index (χ4n) is 1.82. The van der Waals surface area contributed by atoms with Gasteiger partial charge in [0.05, 0.1) is 59.3 Å². The highest BCUT2D eigenvalue weighted by Gasteiger charge is 2.28. The predicted octanol–water partition coefficient (Wildman–Crippen LogP) is 2.93. The molecule has 11 heteroatoms. The van der Waals surface area contributed by atoms with Gasteiger partial charge in [-0.15, -0.1) is 6.58 Å². The van der Waals surface area contributed by atoms with E-state index in [1.807, 2.05) is 0 Å². The summed E-state index contributed by atoms with van der Waals surface area (Å²) in [7, 11) is 0. The maximum absolute atomic E-state index is 13.4. The second kappa shape index (κ2) is 14.0. The largest absolute Gasteiger partial charge is 0.420 e. The summed E-state index contributed by atoms with van der Waals surface area (Å²) in [5.74, 6) is -14.1. The van der Waals surface area contributed by atoms with Crippen LogP contribution >= 0.6 is 0 Å². The normalized spacial score (nSPS) is 10.9. The Labute approximate surface area is 164 Å². The molecule has 1 aromatic rings. The highest BCUT2D eigenvalue weighted by atomic mass is 19.2. The zero-order chi connectivity index (χ0) is 21.6. The number of carbonyl (C=O) groups excluding carboxylic acids is 1. The fourth-order valence-corrected chi connectivity index (χ4v) is 1.82. The molecule has 164 valence electrons. The Bertz CT molecular complexity index is 642. The quantitative estimate of drug-likeness (QED) is 0.0815. The number of halogens is 5. The van der Waals surface area contributed by atoms with Gasteiger partial charge in [-0.1, -0.05) is 6.08 Å². The second-order valence-corrected chi connectivity index (χ2v) is 5.32. The number of ether oxygens (including phenoxy) is 5. The summed E-state index contributed by atoms with van der Waals surface area (Å²) in [6.45, 7) is 5.58. The molecule has 0 spiro atoms. The van der Waals surface area contributed by atoms with Gasteiger partial charge in [-0.05, 0) is 0 Å². The minimum atomic E-state index is -2.34. The molecule has 0 saturated carbocycles.